The van der Waals surface area contributed by atoms with Gasteiger partial charge in [0, 0.05) is 44.2 Å². The summed E-state index contributed by atoms with van der Waals surface area (Å²) < 4.78 is 0.874. The Kier molecular flexibility index (Phi) is 5.44. The van der Waals surface area contributed by atoms with Crippen molar-refractivity contribution in [3.8, 4) is 0 Å². The van der Waals surface area contributed by atoms with Gasteiger partial charge < -0.3 is 4.90 Å². The molecule has 0 N–H and O–H groups in total. The van der Waals surface area contributed by atoms with Crippen molar-refractivity contribution in [2.45, 2.75) is 6.42 Å². The predicted octanol–water partition coefficient (Wildman–Crippen LogP) is 3.73. The molecule has 0 atom stereocenters. The van der Waals surface area contributed by atoms with Crippen LogP contribution in [-0.4, -0.2) is 31.1 Å². The minimum atomic E-state index is 0.0209. The van der Waals surface area contributed by atoms with E-state index in [1.165, 1.54) is 0 Å². The summed E-state index contributed by atoms with van der Waals surface area (Å²) >= 11 is 2.11. The number of carbonyl (C=O) groups is 1. The van der Waals surface area contributed by atoms with Crippen LogP contribution in [0, 0.1) is 3.70 Å². The lowest BCUT2D eigenvalue weighted by atomic mass is 10.1. The zero-order valence-electron chi connectivity index (χ0n) is 12.0. The van der Waals surface area contributed by atoms with Gasteiger partial charge in [0.2, 0.25) is 0 Å². The van der Waals surface area contributed by atoms with Crippen molar-refractivity contribution >= 4 is 46.0 Å². The number of aliphatic imine (C=N–C) groups is 1. The average molecular weight is 393 g/mol. The lowest BCUT2D eigenvalue weighted by molar-refractivity contribution is 0.100. The van der Waals surface area contributed by atoms with Gasteiger partial charge in [-0.2, -0.15) is 0 Å². The summed E-state index contributed by atoms with van der Waals surface area (Å²) in [5.74, 6) is 0.0209. The van der Waals surface area contributed by atoms with E-state index in [1.54, 1.807) is 18.5 Å². The SMILES string of the molecule is CN(C)c1ccc(N=CCC(=O)c2ccc(I)nc2)cc1. The molecule has 0 saturated carbocycles. The first-order valence-electron chi connectivity index (χ1n) is 6.51. The molecule has 0 bridgehead atoms. The summed E-state index contributed by atoms with van der Waals surface area (Å²) in [6.07, 6.45) is 3.52. The Morgan fingerprint density at radius 1 is 1.24 bits per heavy atom. The molecule has 108 valence electrons. The standard InChI is InChI=1S/C16H16IN3O/c1-20(2)14-6-4-13(5-7-14)18-10-9-15(21)12-3-8-16(17)19-11-12/h3-8,10-11H,9H2,1-2H3. The summed E-state index contributed by atoms with van der Waals surface area (Å²) in [5.41, 5.74) is 2.58. The first kappa shape index (κ1) is 15.6. The van der Waals surface area contributed by atoms with Crippen molar-refractivity contribution in [2.75, 3.05) is 19.0 Å². The molecule has 2 aromatic rings. The molecule has 0 radical (unpaired) electrons. The molecule has 0 spiro atoms. The first-order chi connectivity index (χ1) is 10.1. The van der Waals surface area contributed by atoms with Crippen molar-refractivity contribution in [2.24, 2.45) is 4.99 Å². The molecular formula is C16H16IN3O. The number of ketones is 1. The number of nitrogens with zero attached hydrogens (tertiary/aromatic N) is 3. The van der Waals surface area contributed by atoms with Gasteiger partial charge in [-0.1, -0.05) is 0 Å². The largest absolute Gasteiger partial charge is 0.378 e. The Morgan fingerprint density at radius 3 is 2.52 bits per heavy atom. The van der Waals surface area contributed by atoms with Crippen LogP contribution in [-0.2, 0) is 0 Å². The van der Waals surface area contributed by atoms with Crippen LogP contribution in [0.1, 0.15) is 16.8 Å². The second kappa shape index (κ2) is 7.31. The van der Waals surface area contributed by atoms with Gasteiger partial charge in [0.25, 0.3) is 0 Å². The third kappa shape index (κ3) is 4.63. The van der Waals surface area contributed by atoms with Crippen molar-refractivity contribution < 1.29 is 4.79 Å². The van der Waals surface area contributed by atoms with E-state index in [4.69, 9.17) is 0 Å². The molecule has 1 heterocycles. The van der Waals surface area contributed by atoms with E-state index in [0.29, 0.717) is 5.56 Å². The van der Waals surface area contributed by atoms with Crippen LogP contribution < -0.4 is 4.90 Å². The lowest BCUT2D eigenvalue weighted by Crippen LogP contribution is -2.07. The fourth-order valence-corrected chi connectivity index (χ4v) is 2.05. The van der Waals surface area contributed by atoms with Gasteiger partial charge >= 0.3 is 0 Å². The summed E-state index contributed by atoms with van der Waals surface area (Å²) in [5, 5.41) is 0. The highest BCUT2D eigenvalue weighted by atomic mass is 127. The molecule has 0 aliphatic rings. The minimum Gasteiger partial charge on any atom is -0.378 e. The highest BCUT2D eigenvalue weighted by Crippen LogP contribution is 2.17. The highest BCUT2D eigenvalue weighted by molar-refractivity contribution is 14.1. The van der Waals surface area contributed by atoms with Gasteiger partial charge in [-0.05, 0) is 59.0 Å². The number of hydrogen-bond acceptors (Lipinski definition) is 4. The van der Waals surface area contributed by atoms with Crippen LogP contribution in [0.15, 0.2) is 47.6 Å². The summed E-state index contributed by atoms with van der Waals surface area (Å²) in [6, 6.07) is 11.5. The number of carbonyl (C=O) groups excluding carboxylic acids is 1. The fourth-order valence-electron chi connectivity index (χ4n) is 1.73. The number of hydrogen-bond donors (Lipinski definition) is 0. The van der Waals surface area contributed by atoms with E-state index < -0.39 is 0 Å². The Labute approximate surface area is 138 Å². The maximum atomic E-state index is 11.9. The molecule has 2 rings (SSSR count). The second-order valence-electron chi connectivity index (χ2n) is 4.72. The Morgan fingerprint density at radius 2 is 1.95 bits per heavy atom. The van der Waals surface area contributed by atoms with Crippen molar-refractivity contribution in [3.63, 3.8) is 0 Å². The molecule has 1 aromatic carbocycles. The molecule has 0 unspecified atom stereocenters. The normalized spacial score (nSPS) is 10.8. The van der Waals surface area contributed by atoms with E-state index in [-0.39, 0.29) is 12.2 Å². The smallest absolute Gasteiger partial charge is 0.169 e. The molecular weight excluding hydrogens is 377 g/mol. The molecule has 4 nitrogen and oxygen atoms in total. The van der Waals surface area contributed by atoms with E-state index in [2.05, 4.69) is 32.6 Å². The molecule has 1 aromatic heterocycles. The zero-order chi connectivity index (χ0) is 15.2. The maximum absolute atomic E-state index is 11.9. The highest BCUT2D eigenvalue weighted by Gasteiger charge is 2.04. The molecule has 0 amide bonds. The van der Waals surface area contributed by atoms with Crippen LogP contribution in [0.3, 0.4) is 0 Å². The Bertz CT molecular complexity index is 634. The average Bonchev–Trinajstić information content (AvgIpc) is 2.48. The molecule has 5 heteroatoms. The van der Waals surface area contributed by atoms with E-state index >= 15 is 0 Å². The topological polar surface area (TPSA) is 45.6 Å². The minimum absolute atomic E-state index is 0.0209. The summed E-state index contributed by atoms with van der Waals surface area (Å²) in [6.45, 7) is 0. The number of anilines is 1. The van der Waals surface area contributed by atoms with Crippen molar-refractivity contribution in [1.29, 1.82) is 0 Å². The molecule has 0 fully saturated rings. The van der Waals surface area contributed by atoms with E-state index in [9.17, 15) is 4.79 Å². The first-order valence-corrected chi connectivity index (χ1v) is 7.59. The van der Waals surface area contributed by atoms with Crippen LogP contribution in [0.2, 0.25) is 0 Å². The number of pyridine rings is 1. The van der Waals surface area contributed by atoms with Gasteiger partial charge in [0.15, 0.2) is 5.78 Å². The molecule has 0 aliphatic heterocycles. The van der Waals surface area contributed by atoms with Crippen LogP contribution in [0.25, 0.3) is 0 Å². The third-order valence-corrected chi connectivity index (χ3v) is 3.57. The van der Waals surface area contributed by atoms with E-state index in [1.807, 2.05) is 49.3 Å². The molecule has 0 saturated heterocycles. The zero-order valence-corrected chi connectivity index (χ0v) is 14.1. The number of benzene rings is 1. The van der Waals surface area contributed by atoms with Crippen molar-refractivity contribution in [1.82, 2.24) is 4.98 Å². The maximum Gasteiger partial charge on any atom is 0.169 e. The molecule has 21 heavy (non-hydrogen) atoms. The van der Waals surface area contributed by atoms with Gasteiger partial charge in [0.05, 0.1) is 5.69 Å². The third-order valence-electron chi connectivity index (χ3n) is 2.93. The Hall–Kier alpha value is -1.76. The van der Waals surface area contributed by atoms with E-state index in [0.717, 1.165) is 15.1 Å². The van der Waals surface area contributed by atoms with Crippen molar-refractivity contribution in [3.05, 3.63) is 51.9 Å². The number of rotatable bonds is 5. The number of aromatic nitrogens is 1. The van der Waals surface area contributed by atoms with Gasteiger partial charge in [-0.25, -0.2) is 4.98 Å². The number of Topliss-reactive ketones (excluding diaryl/α,β-unsaturated/α-hetero) is 1. The quantitative estimate of drug-likeness (QED) is 0.337. The second-order valence-corrected chi connectivity index (χ2v) is 5.82. The fraction of sp³-hybridized carbons (Fsp3) is 0.188. The van der Waals surface area contributed by atoms with Crippen LogP contribution >= 0.6 is 22.6 Å². The molecule has 0 aliphatic carbocycles. The monoisotopic (exact) mass is 393 g/mol. The Balaban J connectivity index is 1.95. The summed E-state index contributed by atoms with van der Waals surface area (Å²) in [4.78, 5) is 22.4. The van der Waals surface area contributed by atoms with Gasteiger partial charge in [0.1, 0.15) is 3.70 Å². The predicted molar refractivity (Wildman–Crippen MR) is 94.8 cm³/mol. The van der Waals surface area contributed by atoms with Crippen LogP contribution in [0.4, 0.5) is 11.4 Å². The van der Waals surface area contributed by atoms with Gasteiger partial charge in [-0.15, -0.1) is 0 Å². The van der Waals surface area contributed by atoms with Crippen LogP contribution in [0.5, 0.6) is 0 Å². The van der Waals surface area contributed by atoms with Gasteiger partial charge in [-0.3, -0.25) is 9.79 Å². The summed E-state index contributed by atoms with van der Waals surface area (Å²) in [7, 11) is 3.98. The number of halogens is 1. The lowest BCUT2D eigenvalue weighted by Gasteiger charge is -2.11.